The van der Waals surface area contributed by atoms with Gasteiger partial charge in [0.2, 0.25) is 5.91 Å². The van der Waals surface area contributed by atoms with Crippen molar-refractivity contribution in [2.75, 3.05) is 6.54 Å². The maximum atomic E-state index is 10.6. The summed E-state index contributed by atoms with van der Waals surface area (Å²) in [6, 6.07) is 0.506. The molecule has 0 radical (unpaired) electrons. The number of piperidine rings is 1. The summed E-state index contributed by atoms with van der Waals surface area (Å²) in [5, 5.41) is 3.42. The van der Waals surface area contributed by atoms with E-state index in [0.717, 1.165) is 6.54 Å². The lowest BCUT2D eigenvalue weighted by atomic mass is 9.91. The normalized spacial score (nSPS) is 26.6. The molecule has 0 saturated carbocycles. The molecule has 0 aromatic heterocycles. The smallest absolute Gasteiger partial charge is 0.217 e. The van der Waals surface area contributed by atoms with E-state index >= 15 is 0 Å². The Balaban J connectivity index is 2.29. The van der Waals surface area contributed by atoms with Gasteiger partial charge in [0.05, 0.1) is 0 Å². The first-order chi connectivity index (χ1) is 5.70. The Morgan fingerprint density at radius 2 is 2.42 bits per heavy atom. The number of nitrogens with two attached hydrogens (primary N) is 1. The minimum absolute atomic E-state index is 0.185. The fourth-order valence-electron chi connectivity index (χ4n) is 1.82. The van der Waals surface area contributed by atoms with E-state index in [1.54, 1.807) is 0 Å². The largest absolute Gasteiger partial charge is 0.370 e. The molecule has 70 valence electrons. The van der Waals surface area contributed by atoms with Crippen molar-refractivity contribution in [3.8, 4) is 0 Å². The lowest BCUT2D eigenvalue weighted by molar-refractivity contribution is -0.119. The molecule has 1 aliphatic rings. The molecule has 0 aromatic carbocycles. The molecule has 3 nitrogen and oxygen atoms in total. The summed E-state index contributed by atoms with van der Waals surface area (Å²) in [7, 11) is 0. The fourth-order valence-corrected chi connectivity index (χ4v) is 1.82. The first-order valence-electron chi connectivity index (χ1n) is 4.72. The van der Waals surface area contributed by atoms with Crippen LogP contribution in [0.3, 0.4) is 0 Å². The molecular weight excluding hydrogens is 152 g/mol. The van der Waals surface area contributed by atoms with Gasteiger partial charge in [0.1, 0.15) is 0 Å². The van der Waals surface area contributed by atoms with Gasteiger partial charge in [-0.3, -0.25) is 4.79 Å². The fraction of sp³-hybridized carbons (Fsp3) is 0.889. The van der Waals surface area contributed by atoms with Crippen LogP contribution in [0.5, 0.6) is 0 Å². The first-order valence-corrected chi connectivity index (χ1v) is 4.72. The van der Waals surface area contributed by atoms with E-state index in [9.17, 15) is 4.79 Å². The predicted octanol–water partition coefficient (Wildman–Crippen LogP) is 0.640. The quantitative estimate of drug-likeness (QED) is 0.653. The highest BCUT2D eigenvalue weighted by atomic mass is 16.1. The van der Waals surface area contributed by atoms with Crippen LogP contribution in [0.25, 0.3) is 0 Å². The Morgan fingerprint density at radius 1 is 1.67 bits per heavy atom. The van der Waals surface area contributed by atoms with Crippen molar-refractivity contribution in [1.82, 2.24) is 5.32 Å². The van der Waals surface area contributed by atoms with Crippen molar-refractivity contribution in [3.05, 3.63) is 0 Å². The van der Waals surface area contributed by atoms with Crippen LogP contribution in [0.15, 0.2) is 0 Å². The standard InChI is InChI=1S/C9H18N2O/c1-7(6-9(10)12)8-4-2-3-5-11-8/h7-8,11H,2-6H2,1H3,(H2,10,12). The van der Waals surface area contributed by atoms with Crippen LogP contribution < -0.4 is 11.1 Å². The van der Waals surface area contributed by atoms with Crippen LogP contribution in [0.4, 0.5) is 0 Å². The zero-order chi connectivity index (χ0) is 8.97. The molecule has 0 spiro atoms. The third kappa shape index (κ3) is 2.81. The van der Waals surface area contributed by atoms with Crippen molar-refractivity contribution >= 4 is 5.91 Å². The van der Waals surface area contributed by atoms with E-state index < -0.39 is 0 Å². The molecule has 1 saturated heterocycles. The van der Waals surface area contributed by atoms with E-state index in [2.05, 4.69) is 12.2 Å². The van der Waals surface area contributed by atoms with Crippen LogP contribution in [-0.2, 0) is 4.79 Å². The summed E-state index contributed by atoms with van der Waals surface area (Å²) in [6.45, 7) is 3.18. The van der Waals surface area contributed by atoms with Crippen LogP contribution in [-0.4, -0.2) is 18.5 Å². The van der Waals surface area contributed by atoms with Gasteiger partial charge in [-0.1, -0.05) is 13.3 Å². The Bertz CT molecular complexity index is 153. The number of nitrogens with one attached hydrogen (secondary N) is 1. The van der Waals surface area contributed by atoms with E-state index in [1.165, 1.54) is 19.3 Å². The van der Waals surface area contributed by atoms with Crippen molar-refractivity contribution in [2.24, 2.45) is 11.7 Å². The molecule has 2 unspecified atom stereocenters. The Hall–Kier alpha value is -0.570. The minimum Gasteiger partial charge on any atom is -0.370 e. The molecule has 0 bridgehead atoms. The molecule has 1 heterocycles. The Morgan fingerprint density at radius 3 is 2.92 bits per heavy atom. The highest BCUT2D eigenvalue weighted by Gasteiger charge is 2.20. The second-order valence-corrected chi connectivity index (χ2v) is 3.70. The number of carbonyl (C=O) groups is 1. The van der Waals surface area contributed by atoms with Gasteiger partial charge < -0.3 is 11.1 Å². The van der Waals surface area contributed by atoms with Gasteiger partial charge in [-0.25, -0.2) is 0 Å². The van der Waals surface area contributed by atoms with E-state index in [0.29, 0.717) is 18.4 Å². The summed E-state index contributed by atoms with van der Waals surface area (Å²) in [5.41, 5.74) is 5.13. The molecule has 1 rings (SSSR count). The Kier molecular flexibility index (Phi) is 3.53. The number of hydrogen-bond acceptors (Lipinski definition) is 2. The van der Waals surface area contributed by atoms with Gasteiger partial charge in [-0.05, 0) is 25.3 Å². The van der Waals surface area contributed by atoms with Gasteiger partial charge in [0, 0.05) is 12.5 Å². The maximum absolute atomic E-state index is 10.6. The SMILES string of the molecule is CC(CC(N)=O)C1CCCCN1. The van der Waals surface area contributed by atoms with Crippen molar-refractivity contribution in [3.63, 3.8) is 0 Å². The monoisotopic (exact) mass is 170 g/mol. The maximum Gasteiger partial charge on any atom is 0.217 e. The van der Waals surface area contributed by atoms with Gasteiger partial charge in [-0.15, -0.1) is 0 Å². The summed E-state index contributed by atoms with van der Waals surface area (Å²) >= 11 is 0. The average molecular weight is 170 g/mol. The van der Waals surface area contributed by atoms with E-state index in [4.69, 9.17) is 5.73 Å². The van der Waals surface area contributed by atoms with Gasteiger partial charge in [0.25, 0.3) is 0 Å². The number of hydrogen-bond donors (Lipinski definition) is 2. The second kappa shape index (κ2) is 4.45. The first kappa shape index (κ1) is 9.52. The molecule has 1 fully saturated rings. The highest BCUT2D eigenvalue weighted by Crippen LogP contribution is 2.17. The van der Waals surface area contributed by atoms with E-state index in [-0.39, 0.29) is 5.91 Å². The molecule has 1 aliphatic heterocycles. The van der Waals surface area contributed by atoms with Crippen molar-refractivity contribution in [2.45, 2.75) is 38.6 Å². The number of amides is 1. The second-order valence-electron chi connectivity index (χ2n) is 3.70. The summed E-state index contributed by atoms with van der Waals surface area (Å²) < 4.78 is 0. The van der Waals surface area contributed by atoms with Gasteiger partial charge in [0.15, 0.2) is 0 Å². The molecule has 12 heavy (non-hydrogen) atoms. The average Bonchev–Trinajstić information content (AvgIpc) is 2.05. The summed E-state index contributed by atoms with van der Waals surface area (Å²) in [5.74, 6) is 0.206. The van der Waals surface area contributed by atoms with Gasteiger partial charge >= 0.3 is 0 Å². The predicted molar refractivity (Wildman–Crippen MR) is 48.6 cm³/mol. The molecule has 2 atom stereocenters. The van der Waals surface area contributed by atoms with Crippen LogP contribution in [0, 0.1) is 5.92 Å². The lowest BCUT2D eigenvalue weighted by Crippen LogP contribution is -2.40. The van der Waals surface area contributed by atoms with Crippen molar-refractivity contribution < 1.29 is 4.79 Å². The Labute approximate surface area is 73.7 Å². The zero-order valence-electron chi connectivity index (χ0n) is 7.68. The third-order valence-electron chi connectivity index (χ3n) is 2.56. The van der Waals surface area contributed by atoms with Crippen LogP contribution >= 0.6 is 0 Å². The van der Waals surface area contributed by atoms with Crippen molar-refractivity contribution in [1.29, 1.82) is 0 Å². The molecule has 1 amide bonds. The van der Waals surface area contributed by atoms with E-state index in [1.807, 2.05) is 0 Å². The number of carbonyl (C=O) groups excluding carboxylic acids is 1. The van der Waals surface area contributed by atoms with Crippen LogP contribution in [0.2, 0.25) is 0 Å². The number of rotatable bonds is 3. The molecule has 3 N–H and O–H groups in total. The molecule has 0 aliphatic carbocycles. The topological polar surface area (TPSA) is 55.1 Å². The zero-order valence-corrected chi connectivity index (χ0v) is 7.68. The summed E-state index contributed by atoms with van der Waals surface area (Å²) in [6.07, 6.45) is 4.24. The highest BCUT2D eigenvalue weighted by molar-refractivity contribution is 5.74. The lowest BCUT2D eigenvalue weighted by Gasteiger charge is -2.28. The minimum atomic E-state index is -0.185. The molecule has 3 heteroatoms. The van der Waals surface area contributed by atoms with Crippen LogP contribution in [0.1, 0.15) is 32.6 Å². The molecule has 0 aromatic rings. The molecular formula is C9H18N2O. The third-order valence-corrected chi connectivity index (χ3v) is 2.56. The summed E-state index contributed by atoms with van der Waals surface area (Å²) in [4.78, 5) is 10.6. The van der Waals surface area contributed by atoms with Gasteiger partial charge in [-0.2, -0.15) is 0 Å². The number of primary amides is 1.